The second-order valence-electron chi connectivity index (χ2n) is 6.73. The van der Waals surface area contributed by atoms with Gasteiger partial charge in [-0.2, -0.15) is 5.10 Å². The summed E-state index contributed by atoms with van der Waals surface area (Å²) in [6.07, 6.45) is 7.49. The van der Waals surface area contributed by atoms with E-state index in [-0.39, 0.29) is 11.8 Å². The molecule has 7 heteroatoms. The molecule has 3 aromatic rings. The molecule has 142 valence electrons. The monoisotopic (exact) mass is 375 g/mol. The maximum absolute atomic E-state index is 13.0. The molecule has 0 radical (unpaired) electrons. The van der Waals surface area contributed by atoms with Gasteiger partial charge in [0.2, 0.25) is 5.91 Å². The van der Waals surface area contributed by atoms with Gasteiger partial charge in [-0.25, -0.2) is 4.68 Å². The topological polar surface area (TPSA) is 88.9 Å². The van der Waals surface area contributed by atoms with E-state index in [1.807, 2.05) is 36.4 Å². The van der Waals surface area contributed by atoms with Gasteiger partial charge < -0.3 is 10.6 Å². The van der Waals surface area contributed by atoms with Crippen molar-refractivity contribution in [1.29, 1.82) is 0 Å². The molecule has 0 bridgehead atoms. The quantitative estimate of drug-likeness (QED) is 0.732. The van der Waals surface area contributed by atoms with Crippen molar-refractivity contribution in [3.63, 3.8) is 0 Å². The zero-order valence-electron chi connectivity index (χ0n) is 15.3. The zero-order valence-corrected chi connectivity index (χ0v) is 15.3. The fraction of sp³-hybridized carbons (Fsp3) is 0.238. The van der Waals surface area contributed by atoms with Gasteiger partial charge in [0.15, 0.2) is 0 Å². The van der Waals surface area contributed by atoms with Gasteiger partial charge in [0.1, 0.15) is 11.7 Å². The van der Waals surface area contributed by atoms with Gasteiger partial charge in [0.05, 0.1) is 11.3 Å². The first-order valence-electron chi connectivity index (χ1n) is 9.36. The van der Waals surface area contributed by atoms with E-state index < -0.39 is 6.04 Å². The molecule has 3 heterocycles. The van der Waals surface area contributed by atoms with E-state index in [0.717, 1.165) is 24.1 Å². The lowest BCUT2D eigenvalue weighted by atomic mass is 10.1. The maximum atomic E-state index is 13.0. The number of hydrogen-bond donors (Lipinski definition) is 2. The van der Waals surface area contributed by atoms with Crippen LogP contribution in [0.1, 0.15) is 29.6 Å². The summed E-state index contributed by atoms with van der Waals surface area (Å²) < 4.78 is 1.67. The highest BCUT2D eigenvalue weighted by Crippen LogP contribution is 2.23. The number of nitrogens with zero attached hydrogens (tertiary/aromatic N) is 3. The van der Waals surface area contributed by atoms with Crippen molar-refractivity contribution < 1.29 is 9.59 Å². The second-order valence-corrected chi connectivity index (χ2v) is 6.73. The average molecular weight is 375 g/mol. The molecule has 1 aliphatic rings. The first kappa shape index (κ1) is 17.9. The summed E-state index contributed by atoms with van der Waals surface area (Å²) in [6, 6.07) is 12.7. The number of pyridine rings is 1. The molecule has 7 nitrogen and oxygen atoms in total. The molecule has 0 aliphatic carbocycles. The molecular formula is C21H21N5O2. The van der Waals surface area contributed by atoms with Crippen LogP contribution in [0.25, 0.3) is 16.9 Å². The van der Waals surface area contributed by atoms with Gasteiger partial charge in [0.25, 0.3) is 5.91 Å². The van der Waals surface area contributed by atoms with Crippen molar-refractivity contribution in [3.8, 4) is 16.9 Å². The molecule has 0 spiro atoms. The van der Waals surface area contributed by atoms with Crippen LogP contribution in [0.4, 0.5) is 0 Å². The number of rotatable bonds is 4. The first-order chi connectivity index (χ1) is 13.7. The Balaban J connectivity index is 1.69. The molecule has 1 atom stereocenters. The fourth-order valence-electron chi connectivity index (χ4n) is 3.28. The van der Waals surface area contributed by atoms with Crippen LogP contribution in [-0.2, 0) is 4.79 Å². The molecule has 0 saturated carbocycles. The Labute approximate surface area is 162 Å². The number of amides is 2. The lowest BCUT2D eigenvalue weighted by Crippen LogP contribution is -2.45. The smallest absolute Gasteiger partial charge is 0.255 e. The molecule has 1 aromatic carbocycles. The second kappa shape index (κ2) is 8.04. The molecule has 2 aromatic heterocycles. The van der Waals surface area contributed by atoms with Crippen molar-refractivity contribution in [2.24, 2.45) is 0 Å². The van der Waals surface area contributed by atoms with E-state index in [0.29, 0.717) is 24.2 Å². The molecule has 1 unspecified atom stereocenters. The number of para-hydroxylation sites is 1. The average Bonchev–Trinajstić information content (AvgIpc) is 3.10. The Morgan fingerprint density at radius 1 is 1.14 bits per heavy atom. The van der Waals surface area contributed by atoms with Crippen molar-refractivity contribution in [3.05, 3.63) is 66.6 Å². The summed E-state index contributed by atoms with van der Waals surface area (Å²) in [4.78, 5) is 29.4. The van der Waals surface area contributed by atoms with Gasteiger partial charge in [-0.3, -0.25) is 14.6 Å². The molecule has 28 heavy (non-hydrogen) atoms. The number of hydrogen-bond acceptors (Lipinski definition) is 4. The predicted octanol–water partition coefficient (Wildman–Crippen LogP) is 2.33. The van der Waals surface area contributed by atoms with Gasteiger partial charge in [0, 0.05) is 30.7 Å². The van der Waals surface area contributed by atoms with Crippen LogP contribution in [0.3, 0.4) is 0 Å². The highest BCUT2D eigenvalue weighted by Gasteiger charge is 2.26. The number of nitrogens with one attached hydrogen (secondary N) is 2. The van der Waals surface area contributed by atoms with Crippen LogP contribution in [0.2, 0.25) is 0 Å². The van der Waals surface area contributed by atoms with E-state index >= 15 is 0 Å². The Morgan fingerprint density at radius 3 is 2.79 bits per heavy atom. The minimum atomic E-state index is -0.531. The van der Waals surface area contributed by atoms with Crippen molar-refractivity contribution in [2.75, 3.05) is 6.54 Å². The summed E-state index contributed by atoms with van der Waals surface area (Å²) in [5.74, 6) is -0.452. The molecule has 2 amide bonds. The van der Waals surface area contributed by atoms with Crippen molar-refractivity contribution >= 4 is 11.8 Å². The Morgan fingerprint density at radius 2 is 2.00 bits per heavy atom. The Hall–Kier alpha value is -3.48. The number of benzene rings is 1. The maximum Gasteiger partial charge on any atom is 0.255 e. The molecule has 1 fully saturated rings. The minimum absolute atomic E-state index is 0.135. The molecular weight excluding hydrogens is 354 g/mol. The number of carbonyl (C=O) groups is 2. The van der Waals surface area contributed by atoms with Crippen LogP contribution >= 0.6 is 0 Å². The highest BCUT2D eigenvalue weighted by molar-refractivity contribution is 6.02. The largest absolute Gasteiger partial charge is 0.354 e. The van der Waals surface area contributed by atoms with Crippen LogP contribution in [-0.4, -0.2) is 39.2 Å². The van der Waals surface area contributed by atoms with Crippen LogP contribution in [0, 0.1) is 0 Å². The zero-order chi connectivity index (χ0) is 19.3. The van der Waals surface area contributed by atoms with E-state index in [9.17, 15) is 9.59 Å². The van der Waals surface area contributed by atoms with Gasteiger partial charge in [-0.05, 0) is 43.5 Å². The Bertz CT molecular complexity index is 969. The number of carbonyl (C=O) groups excluding carboxylic acids is 2. The third-order valence-electron chi connectivity index (χ3n) is 4.76. The summed E-state index contributed by atoms with van der Waals surface area (Å²) in [6.45, 7) is 0.651. The van der Waals surface area contributed by atoms with Crippen molar-refractivity contribution in [2.45, 2.75) is 25.3 Å². The lowest BCUT2D eigenvalue weighted by molar-refractivity contribution is -0.122. The molecule has 2 N–H and O–H groups in total. The van der Waals surface area contributed by atoms with Crippen LogP contribution in [0.15, 0.2) is 61.1 Å². The number of aromatic nitrogens is 3. The van der Waals surface area contributed by atoms with Crippen molar-refractivity contribution in [1.82, 2.24) is 25.4 Å². The normalized spacial score (nSPS) is 16.9. The minimum Gasteiger partial charge on any atom is -0.354 e. The molecule has 1 saturated heterocycles. The van der Waals surface area contributed by atoms with Crippen LogP contribution in [0.5, 0.6) is 0 Å². The van der Waals surface area contributed by atoms with E-state index in [4.69, 9.17) is 0 Å². The Kier molecular flexibility index (Phi) is 5.14. The fourth-order valence-corrected chi connectivity index (χ4v) is 3.28. The van der Waals surface area contributed by atoms with Gasteiger partial charge in [-0.15, -0.1) is 0 Å². The van der Waals surface area contributed by atoms with E-state index in [1.165, 1.54) is 0 Å². The van der Waals surface area contributed by atoms with Crippen LogP contribution < -0.4 is 10.6 Å². The first-order valence-corrected chi connectivity index (χ1v) is 9.36. The summed E-state index contributed by atoms with van der Waals surface area (Å²) in [7, 11) is 0. The summed E-state index contributed by atoms with van der Waals surface area (Å²) in [5, 5.41) is 10.3. The standard InChI is InChI=1S/C21H21N5O2/c27-20(24-18-10-4-5-12-23-21(18)28)17-14-26(16-8-2-1-3-9-16)25-19(17)15-7-6-11-22-13-15/h1-3,6-9,11,13-14,18H,4-5,10,12H2,(H,23,28)(H,24,27). The molecule has 4 rings (SSSR count). The third-order valence-corrected chi connectivity index (χ3v) is 4.76. The van der Waals surface area contributed by atoms with E-state index in [2.05, 4.69) is 20.7 Å². The third kappa shape index (κ3) is 3.78. The van der Waals surface area contributed by atoms with Gasteiger partial charge >= 0.3 is 0 Å². The predicted molar refractivity (Wildman–Crippen MR) is 105 cm³/mol. The summed E-state index contributed by atoms with van der Waals surface area (Å²) in [5.41, 5.74) is 2.53. The van der Waals surface area contributed by atoms with E-state index in [1.54, 1.807) is 29.3 Å². The highest BCUT2D eigenvalue weighted by atomic mass is 16.2. The molecule has 1 aliphatic heterocycles. The summed E-state index contributed by atoms with van der Waals surface area (Å²) >= 11 is 0. The van der Waals surface area contributed by atoms with Gasteiger partial charge in [-0.1, -0.05) is 18.2 Å². The SMILES string of the molecule is O=C(NC1CCCCNC1=O)c1cn(-c2ccccc2)nc1-c1cccnc1. The lowest BCUT2D eigenvalue weighted by Gasteiger charge is -2.15.